The fourth-order valence-electron chi connectivity index (χ4n) is 4.44. The number of nitrogens with zero attached hydrogens (tertiary/aromatic N) is 2. The minimum Gasteiger partial charge on any atom is -0.341 e. The van der Waals surface area contributed by atoms with Gasteiger partial charge in [0.05, 0.1) is 6.07 Å². The fourth-order valence-corrected chi connectivity index (χ4v) is 4.44. The van der Waals surface area contributed by atoms with Crippen LogP contribution in [0.3, 0.4) is 0 Å². The highest BCUT2D eigenvalue weighted by Gasteiger charge is 2.45. The molecule has 2 unspecified atom stereocenters. The van der Waals surface area contributed by atoms with Crippen molar-refractivity contribution in [3.05, 3.63) is 0 Å². The average molecular weight is 260 g/mol. The first-order chi connectivity index (χ1) is 9.25. The highest BCUT2D eigenvalue weighted by molar-refractivity contribution is 5.86. The summed E-state index contributed by atoms with van der Waals surface area (Å²) in [7, 11) is 0. The van der Waals surface area contributed by atoms with E-state index in [0.29, 0.717) is 5.92 Å². The van der Waals surface area contributed by atoms with Gasteiger partial charge in [-0.3, -0.25) is 4.79 Å². The molecular formula is C16H24N2O. The summed E-state index contributed by atoms with van der Waals surface area (Å²) < 4.78 is 0. The Labute approximate surface area is 116 Å². The standard InChI is InChI=1S/C16H24N2O/c17-12-16(8-3-4-9-16)15(19)18-10-7-13-5-1-2-6-14(13)11-18/h13-14H,1-11H2. The van der Waals surface area contributed by atoms with E-state index in [1.807, 2.05) is 4.90 Å². The molecule has 0 N–H and O–H groups in total. The Bertz CT molecular complexity index is 392. The summed E-state index contributed by atoms with van der Waals surface area (Å²) in [6.45, 7) is 1.82. The van der Waals surface area contributed by atoms with Crippen molar-refractivity contribution in [2.45, 2.75) is 57.8 Å². The Morgan fingerprint density at radius 2 is 1.74 bits per heavy atom. The molecule has 2 atom stereocenters. The largest absolute Gasteiger partial charge is 0.341 e. The molecule has 0 aromatic carbocycles. The highest BCUT2D eigenvalue weighted by atomic mass is 16.2. The summed E-state index contributed by atoms with van der Waals surface area (Å²) in [5.74, 6) is 1.71. The van der Waals surface area contributed by atoms with Gasteiger partial charge in [-0.15, -0.1) is 0 Å². The minimum absolute atomic E-state index is 0.150. The van der Waals surface area contributed by atoms with Crippen molar-refractivity contribution in [1.82, 2.24) is 4.90 Å². The molecule has 0 aromatic rings. The molecule has 1 amide bonds. The van der Waals surface area contributed by atoms with Gasteiger partial charge in [0.25, 0.3) is 0 Å². The predicted octanol–water partition coefficient (Wildman–Crippen LogP) is 3.11. The van der Waals surface area contributed by atoms with Crippen molar-refractivity contribution in [2.75, 3.05) is 13.1 Å². The quantitative estimate of drug-likeness (QED) is 0.727. The topological polar surface area (TPSA) is 44.1 Å². The lowest BCUT2D eigenvalue weighted by Gasteiger charge is -2.43. The van der Waals surface area contributed by atoms with Gasteiger partial charge in [-0.1, -0.05) is 32.1 Å². The molecule has 104 valence electrons. The Balaban J connectivity index is 1.69. The van der Waals surface area contributed by atoms with Gasteiger partial charge >= 0.3 is 0 Å². The van der Waals surface area contributed by atoms with Crippen molar-refractivity contribution < 1.29 is 4.79 Å². The van der Waals surface area contributed by atoms with Crippen molar-refractivity contribution in [1.29, 1.82) is 5.26 Å². The number of piperidine rings is 1. The van der Waals surface area contributed by atoms with Crippen LogP contribution in [-0.4, -0.2) is 23.9 Å². The van der Waals surface area contributed by atoms with Gasteiger partial charge in [-0.05, 0) is 37.5 Å². The Morgan fingerprint density at radius 3 is 2.42 bits per heavy atom. The molecule has 3 rings (SSSR count). The van der Waals surface area contributed by atoms with E-state index in [4.69, 9.17) is 0 Å². The molecule has 2 aliphatic carbocycles. The third kappa shape index (κ3) is 2.26. The molecule has 3 nitrogen and oxygen atoms in total. The summed E-state index contributed by atoms with van der Waals surface area (Å²) in [6.07, 6.45) is 10.2. The molecular weight excluding hydrogens is 236 g/mol. The van der Waals surface area contributed by atoms with Gasteiger partial charge < -0.3 is 4.90 Å². The molecule has 3 fully saturated rings. The maximum Gasteiger partial charge on any atom is 0.243 e. The van der Waals surface area contributed by atoms with E-state index in [0.717, 1.165) is 51.1 Å². The van der Waals surface area contributed by atoms with E-state index >= 15 is 0 Å². The van der Waals surface area contributed by atoms with Crippen molar-refractivity contribution in [3.63, 3.8) is 0 Å². The third-order valence-electron chi connectivity index (χ3n) is 5.66. The van der Waals surface area contributed by atoms with Crippen LogP contribution in [0.1, 0.15) is 57.8 Å². The van der Waals surface area contributed by atoms with Crippen LogP contribution in [0.5, 0.6) is 0 Å². The van der Waals surface area contributed by atoms with E-state index < -0.39 is 5.41 Å². The van der Waals surface area contributed by atoms with Crippen LogP contribution < -0.4 is 0 Å². The maximum atomic E-state index is 12.7. The summed E-state index contributed by atoms with van der Waals surface area (Å²) in [5, 5.41) is 9.45. The molecule has 3 heteroatoms. The van der Waals surface area contributed by atoms with Crippen molar-refractivity contribution in [2.24, 2.45) is 17.3 Å². The fraction of sp³-hybridized carbons (Fsp3) is 0.875. The predicted molar refractivity (Wildman–Crippen MR) is 73.2 cm³/mol. The van der Waals surface area contributed by atoms with Gasteiger partial charge in [-0.2, -0.15) is 5.26 Å². The van der Waals surface area contributed by atoms with Gasteiger partial charge in [0.2, 0.25) is 5.91 Å². The van der Waals surface area contributed by atoms with Crippen LogP contribution >= 0.6 is 0 Å². The molecule has 0 spiro atoms. The summed E-state index contributed by atoms with van der Waals surface area (Å²) in [6, 6.07) is 2.36. The lowest BCUT2D eigenvalue weighted by molar-refractivity contribution is -0.142. The summed E-state index contributed by atoms with van der Waals surface area (Å²) >= 11 is 0. The number of hydrogen-bond acceptors (Lipinski definition) is 2. The SMILES string of the molecule is N#CC1(C(=O)N2CCC3CCCCC3C2)CCCC1. The van der Waals surface area contributed by atoms with Crippen LogP contribution in [0.25, 0.3) is 0 Å². The van der Waals surface area contributed by atoms with Crippen molar-refractivity contribution in [3.8, 4) is 6.07 Å². The zero-order valence-corrected chi connectivity index (χ0v) is 11.7. The van der Waals surface area contributed by atoms with Crippen LogP contribution in [0, 0.1) is 28.6 Å². The number of carbonyl (C=O) groups excluding carboxylic acids is 1. The zero-order chi connectivity index (χ0) is 13.3. The average Bonchev–Trinajstić information content (AvgIpc) is 2.96. The number of carbonyl (C=O) groups is 1. The van der Waals surface area contributed by atoms with Crippen LogP contribution in [-0.2, 0) is 4.79 Å². The van der Waals surface area contributed by atoms with Crippen molar-refractivity contribution >= 4 is 5.91 Å². The minimum atomic E-state index is -0.665. The van der Waals surface area contributed by atoms with Gasteiger partial charge in [0.1, 0.15) is 5.41 Å². The summed E-state index contributed by atoms with van der Waals surface area (Å²) in [4.78, 5) is 14.8. The molecule has 0 aromatic heterocycles. The number of fused-ring (bicyclic) bond motifs is 1. The maximum absolute atomic E-state index is 12.7. The third-order valence-corrected chi connectivity index (χ3v) is 5.66. The first-order valence-corrected chi connectivity index (χ1v) is 7.96. The molecule has 1 saturated heterocycles. The van der Waals surface area contributed by atoms with Gasteiger partial charge in [0, 0.05) is 13.1 Å². The van der Waals surface area contributed by atoms with Gasteiger partial charge in [-0.25, -0.2) is 0 Å². The summed E-state index contributed by atoms with van der Waals surface area (Å²) in [5.41, 5.74) is -0.665. The highest BCUT2D eigenvalue weighted by Crippen LogP contribution is 2.42. The molecule has 1 heterocycles. The van der Waals surface area contributed by atoms with E-state index in [-0.39, 0.29) is 5.91 Å². The van der Waals surface area contributed by atoms with E-state index in [2.05, 4.69) is 6.07 Å². The normalized spacial score (nSPS) is 33.5. The first-order valence-electron chi connectivity index (χ1n) is 7.96. The van der Waals surface area contributed by atoms with E-state index in [9.17, 15) is 10.1 Å². The molecule has 3 aliphatic rings. The number of rotatable bonds is 1. The van der Waals surface area contributed by atoms with E-state index in [1.165, 1.54) is 25.7 Å². The lowest BCUT2D eigenvalue weighted by Crippen LogP contribution is -2.49. The molecule has 0 radical (unpaired) electrons. The second-order valence-electron chi connectivity index (χ2n) is 6.75. The number of amides is 1. The second-order valence-corrected chi connectivity index (χ2v) is 6.75. The number of likely N-dealkylation sites (tertiary alicyclic amines) is 1. The monoisotopic (exact) mass is 260 g/mol. The van der Waals surface area contributed by atoms with Crippen LogP contribution in [0.15, 0.2) is 0 Å². The second kappa shape index (κ2) is 5.15. The first kappa shape index (κ1) is 13.0. The Morgan fingerprint density at radius 1 is 1.05 bits per heavy atom. The molecule has 2 saturated carbocycles. The molecule has 19 heavy (non-hydrogen) atoms. The number of hydrogen-bond donors (Lipinski definition) is 0. The van der Waals surface area contributed by atoms with Crippen LogP contribution in [0.2, 0.25) is 0 Å². The van der Waals surface area contributed by atoms with Crippen LogP contribution in [0.4, 0.5) is 0 Å². The lowest BCUT2D eigenvalue weighted by atomic mass is 9.74. The van der Waals surface area contributed by atoms with Gasteiger partial charge in [0.15, 0.2) is 0 Å². The van der Waals surface area contributed by atoms with E-state index in [1.54, 1.807) is 0 Å². The Hall–Kier alpha value is -1.04. The smallest absolute Gasteiger partial charge is 0.243 e. The zero-order valence-electron chi connectivity index (χ0n) is 11.7. The number of nitriles is 1. The molecule has 0 bridgehead atoms. The Kier molecular flexibility index (Phi) is 3.52. The molecule has 1 aliphatic heterocycles.